The zero-order valence-electron chi connectivity index (χ0n) is 9.41. The summed E-state index contributed by atoms with van der Waals surface area (Å²) in [5.41, 5.74) is 6.28. The van der Waals surface area contributed by atoms with Gasteiger partial charge in [-0.25, -0.2) is 0 Å². The molecule has 2 heteroatoms. The number of likely N-dealkylation sites (tertiary alicyclic amines) is 1. The predicted octanol–water partition coefficient (Wildman–Crippen LogP) is 2.13. The summed E-state index contributed by atoms with van der Waals surface area (Å²) >= 11 is 0. The van der Waals surface area contributed by atoms with Crippen LogP contribution >= 0.6 is 0 Å². The minimum absolute atomic E-state index is 0.443. The van der Waals surface area contributed by atoms with Crippen molar-refractivity contribution >= 4 is 0 Å². The predicted molar refractivity (Wildman–Crippen MR) is 60.3 cm³/mol. The summed E-state index contributed by atoms with van der Waals surface area (Å²) in [4.78, 5) is 2.68. The van der Waals surface area contributed by atoms with E-state index in [0.717, 1.165) is 6.04 Å². The lowest BCUT2D eigenvalue weighted by molar-refractivity contribution is 0.156. The molecule has 3 atom stereocenters. The third-order valence-corrected chi connectivity index (χ3v) is 4.06. The van der Waals surface area contributed by atoms with Crippen LogP contribution in [0.1, 0.15) is 51.9 Å². The molecule has 82 valence electrons. The summed E-state index contributed by atoms with van der Waals surface area (Å²) in [6.07, 6.45) is 9.47. The Bertz CT molecular complexity index is 181. The van der Waals surface area contributed by atoms with Gasteiger partial charge in [-0.05, 0) is 39.2 Å². The van der Waals surface area contributed by atoms with E-state index < -0.39 is 0 Å². The van der Waals surface area contributed by atoms with Crippen LogP contribution in [0.4, 0.5) is 0 Å². The van der Waals surface area contributed by atoms with Gasteiger partial charge in [0.1, 0.15) is 0 Å². The molecule has 14 heavy (non-hydrogen) atoms. The number of nitrogens with two attached hydrogens (primary N) is 1. The molecule has 0 spiro atoms. The molecule has 2 fully saturated rings. The van der Waals surface area contributed by atoms with Gasteiger partial charge in [-0.2, -0.15) is 0 Å². The minimum atomic E-state index is 0.443. The molecule has 1 saturated carbocycles. The zero-order valence-corrected chi connectivity index (χ0v) is 9.41. The normalized spacial score (nSPS) is 41.1. The van der Waals surface area contributed by atoms with Gasteiger partial charge in [-0.1, -0.05) is 19.3 Å². The lowest BCUT2D eigenvalue weighted by atomic mass is 10.0. The Morgan fingerprint density at radius 3 is 2.50 bits per heavy atom. The molecular formula is C12H24N2. The van der Waals surface area contributed by atoms with E-state index in [4.69, 9.17) is 5.73 Å². The summed E-state index contributed by atoms with van der Waals surface area (Å²) in [5, 5.41) is 0. The highest BCUT2D eigenvalue weighted by Gasteiger charge is 2.31. The van der Waals surface area contributed by atoms with E-state index in [2.05, 4.69) is 11.8 Å². The Kier molecular flexibility index (Phi) is 3.45. The maximum Gasteiger partial charge on any atom is 0.0250 e. The highest BCUT2D eigenvalue weighted by Crippen LogP contribution is 2.27. The van der Waals surface area contributed by atoms with Crippen molar-refractivity contribution in [2.24, 2.45) is 5.73 Å². The minimum Gasteiger partial charge on any atom is -0.326 e. The van der Waals surface area contributed by atoms with Gasteiger partial charge in [0, 0.05) is 18.1 Å². The Morgan fingerprint density at radius 1 is 1.00 bits per heavy atom. The van der Waals surface area contributed by atoms with E-state index in [9.17, 15) is 0 Å². The van der Waals surface area contributed by atoms with E-state index in [1.54, 1.807) is 0 Å². The summed E-state index contributed by atoms with van der Waals surface area (Å²) in [5.74, 6) is 0. The Morgan fingerprint density at radius 2 is 1.79 bits per heavy atom. The summed E-state index contributed by atoms with van der Waals surface area (Å²) in [7, 11) is 0. The largest absolute Gasteiger partial charge is 0.326 e. The Hall–Kier alpha value is -0.0800. The van der Waals surface area contributed by atoms with Crippen molar-refractivity contribution in [1.82, 2.24) is 4.90 Å². The first-order valence-electron chi connectivity index (χ1n) is 6.30. The molecule has 0 bridgehead atoms. The summed E-state index contributed by atoms with van der Waals surface area (Å²) in [6.45, 7) is 3.66. The fourth-order valence-electron chi connectivity index (χ4n) is 3.18. The first-order chi connectivity index (χ1) is 6.79. The Balaban J connectivity index is 1.99. The van der Waals surface area contributed by atoms with Crippen LogP contribution in [0.3, 0.4) is 0 Å². The third-order valence-electron chi connectivity index (χ3n) is 4.06. The average molecular weight is 196 g/mol. The quantitative estimate of drug-likeness (QED) is 0.651. The molecule has 2 nitrogen and oxygen atoms in total. The first-order valence-corrected chi connectivity index (χ1v) is 6.30. The Labute approximate surface area is 87.8 Å². The molecule has 0 amide bonds. The molecular weight excluding hydrogens is 172 g/mol. The molecule has 3 unspecified atom stereocenters. The van der Waals surface area contributed by atoms with E-state index in [-0.39, 0.29) is 0 Å². The van der Waals surface area contributed by atoms with Crippen LogP contribution in [-0.2, 0) is 0 Å². The van der Waals surface area contributed by atoms with Crippen molar-refractivity contribution in [3.8, 4) is 0 Å². The van der Waals surface area contributed by atoms with Crippen molar-refractivity contribution < 1.29 is 0 Å². The number of nitrogens with zero attached hydrogens (tertiary/aromatic N) is 1. The number of hydrogen-bond acceptors (Lipinski definition) is 2. The molecule has 1 heterocycles. The van der Waals surface area contributed by atoms with Crippen molar-refractivity contribution in [1.29, 1.82) is 0 Å². The van der Waals surface area contributed by atoms with Crippen LogP contribution < -0.4 is 5.73 Å². The second kappa shape index (κ2) is 4.63. The van der Waals surface area contributed by atoms with Gasteiger partial charge in [0.05, 0.1) is 0 Å². The number of hydrogen-bond donors (Lipinski definition) is 1. The lowest BCUT2D eigenvalue weighted by Crippen LogP contribution is -2.48. The van der Waals surface area contributed by atoms with E-state index in [0.29, 0.717) is 12.1 Å². The first kappa shape index (κ1) is 10.4. The standard InChI is InChI=1S/C12H24N2/c1-10-6-5-9-14(10)12-8-4-2-3-7-11(12)13/h10-12H,2-9,13H2,1H3. The molecule has 0 aromatic rings. The maximum absolute atomic E-state index is 6.28. The van der Waals surface area contributed by atoms with Gasteiger partial charge >= 0.3 is 0 Å². The monoisotopic (exact) mass is 196 g/mol. The van der Waals surface area contributed by atoms with E-state index >= 15 is 0 Å². The fourth-order valence-corrected chi connectivity index (χ4v) is 3.18. The highest BCUT2D eigenvalue weighted by molar-refractivity contribution is 4.89. The molecule has 2 N–H and O–H groups in total. The lowest BCUT2D eigenvalue weighted by Gasteiger charge is -2.34. The van der Waals surface area contributed by atoms with Crippen molar-refractivity contribution in [3.63, 3.8) is 0 Å². The van der Waals surface area contributed by atoms with Crippen molar-refractivity contribution in [2.45, 2.75) is 70.0 Å². The topological polar surface area (TPSA) is 29.3 Å². The van der Waals surface area contributed by atoms with Crippen LogP contribution in [0, 0.1) is 0 Å². The van der Waals surface area contributed by atoms with Crippen LogP contribution in [-0.4, -0.2) is 29.6 Å². The molecule has 0 radical (unpaired) electrons. The van der Waals surface area contributed by atoms with E-state index in [1.807, 2.05) is 0 Å². The van der Waals surface area contributed by atoms with Gasteiger partial charge in [-0.15, -0.1) is 0 Å². The van der Waals surface area contributed by atoms with Crippen LogP contribution in [0.2, 0.25) is 0 Å². The second-order valence-electron chi connectivity index (χ2n) is 5.10. The van der Waals surface area contributed by atoms with Gasteiger partial charge in [-0.3, -0.25) is 4.90 Å². The van der Waals surface area contributed by atoms with E-state index in [1.165, 1.54) is 51.5 Å². The van der Waals surface area contributed by atoms with Crippen molar-refractivity contribution in [2.75, 3.05) is 6.54 Å². The smallest absolute Gasteiger partial charge is 0.0250 e. The zero-order chi connectivity index (χ0) is 9.97. The molecule has 1 aliphatic carbocycles. The maximum atomic E-state index is 6.28. The van der Waals surface area contributed by atoms with Gasteiger partial charge in [0.2, 0.25) is 0 Å². The molecule has 2 rings (SSSR count). The second-order valence-corrected chi connectivity index (χ2v) is 5.10. The van der Waals surface area contributed by atoms with Crippen molar-refractivity contribution in [3.05, 3.63) is 0 Å². The summed E-state index contributed by atoms with van der Waals surface area (Å²) < 4.78 is 0. The molecule has 2 aliphatic rings. The van der Waals surface area contributed by atoms with Crippen LogP contribution in [0.15, 0.2) is 0 Å². The molecule has 1 saturated heterocycles. The molecule has 0 aromatic heterocycles. The van der Waals surface area contributed by atoms with Gasteiger partial charge in [0.25, 0.3) is 0 Å². The fraction of sp³-hybridized carbons (Fsp3) is 1.00. The average Bonchev–Trinajstić information content (AvgIpc) is 2.46. The highest BCUT2D eigenvalue weighted by atomic mass is 15.2. The van der Waals surface area contributed by atoms with Gasteiger partial charge < -0.3 is 5.73 Å². The molecule has 1 aliphatic heterocycles. The SMILES string of the molecule is CC1CCCN1C1CCCCCC1N. The third kappa shape index (κ3) is 2.12. The van der Waals surface area contributed by atoms with Crippen LogP contribution in [0.25, 0.3) is 0 Å². The summed E-state index contributed by atoms with van der Waals surface area (Å²) in [6, 6.07) is 1.91. The number of rotatable bonds is 1. The van der Waals surface area contributed by atoms with Crippen LogP contribution in [0.5, 0.6) is 0 Å². The van der Waals surface area contributed by atoms with Gasteiger partial charge in [0.15, 0.2) is 0 Å². The molecule has 0 aromatic carbocycles.